The quantitative estimate of drug-likeness (QED) is 0.921. The van der Waals surface area contributed by atoms with E-state index in [1.165, 1.54) is 12.8 Å². The van der Waals surface area contributed by atoms with Crippen molar-refractivity contribution in [2.24, 2.45) is 0 Å². The number of likely N-dealkylation sites (N-methyl/N-ethyl adjacent to an activating group) is 1. The van der Waals surface area contributed by atoms with Gasteiger partial charge in [0.1, 0.15) is 0 Å². The number of piperidine rings is 1. The molecule has 5 heteroatoms. The largest absolute Gasteiger partial charge is 0.338 e. The molecule has 1 unspecified atom stereocenters. The highest BCUT2D eigenvalue weighted by Crippen LogP contribution is 2.16. The molecule has 5 nitrogen and oxygen atoms in total. The second kappa shape index (κ2) is 6.15. The molecule has 0 bridgehead atoms. The number of hydrogen-bond donors (Lipinski definition) is 1. The second-order valence-electron chi connectivity index (χ2n) is 5.29. The van der Waals surface area contributed by atoms with E-state index in [-0.39, 0.29) is 0 Å². The van der Waals surface area contributed by atoms with Gasteiger partial charge in [0.15, 0.2) is 0 Å². The number of rotatable bonds is 4. The van der Waals surface area contributed by atoms with Crippen molar-refractivity contribution in [3.05, 3.63) is 36.2 Å². The Morgan fingerprint density at radius 3 is 2.95 bits per heavy atom. The van der Waals surface area contributed by atoms with Crippen LogP contribution in [0.5, 0.6) is 0 Å². The molecule has 1 saturated heterocycles. The standard InChI is InChI=1S/C15H20N4O/c1-19(13-8-5-9-16-10-13)11-14-17-15(18-20-14)12-6-3-2-4-7-12/h2-4,6-7,13,16H,5,8-11H2,1H3. The molecule has 0 spiro atoms. The van der Waals surface area contributed by atoms with Crippen molar-refractivity contribution in [1.29, 1.82) is 0 Å². The van der Waals surface area contributed by atoms with Crippen molar-refractivity contribution in [3.63, 3.8) is 0 Å². The van der Waals surface area contributed by atoms with Crippen molar-refractivity contribution < 1.29 is 4.52 Å². The number of aromatic nitrogens is 2. The first kappa shape index (κ1) is 13.3. The summed E-state index contributed by atoms with van der Waals surface area (Å²) in [5.41, 5.74) is 0.990. The average molecular weight is 272 g/mol. The van der Waals surface area contributed by atoms with Gasteiger partial charge in [0.05, 0.1) is 6.54 Å². The summed E-state index contributed by atoms with van der Waals surface area (Å²) in [5, 5.41) is 7.48. The minimum absolute atomic E-state index is 0.552. The van der Waals surface area contributed by atoms with Gasteiger partial charge in [-0.05, 0) is 26.4 Å². The van der Waals surface area contributed by atoms with Crippen LogP contribution in [0.1, 0.15) is 18.7 Å². The summed E-state index contributed by atoms with van der Waals surface area (Å²) in [6, 6.07) is 10.5. The zero-order valence-corrected chi connectivity index (χ0v) is 11.7. The van der Waals surface area contributed by atoms with Gasteiger partial charge in [-0.3, -0.25) is 4.90 Å². The zero-order valence-electron chi connectivity index (χ0n) is 11.7. The van der Waals surface area contributed by atoms with E-state index in [1.54, 1.807) is 0 Å². The highest BCUT2D eigenvalue weighted by atomic mass is 16.5. The van der Waals surface area contributed by atoms with Gasteiger partial charge >= 0.3 is 0 Å². The molecule has 0 aliphatic carbocycles. The lowest BCUT2D eigenvalue weighted by molar-refractivity contribution is 0.174. The summed E-state index contributed by atoms with van der Waals surface area (Å²) in [7, 11) is 2.12. The Bertz CT molecular complexity index is 534. The molecule has 3 rings (SSSR count). The Morgan fingerprint density at radius 2 is 2.20 bits per heavy atom. The van der Waals surface area contributed by atoms with Crippen LogP contribution in [-0.4, -0.2) is 41.2 Å². The lowest BCUT2D eigenvalue weighted by atomic mass is 10.1. The number of benzene rings is 1. The molecule has 1 N–H and O–H groups in total. The van der Waals surface area contributed by atoms with E-state index in [9.17, 15) is 0 Å². The Balaban J connectivity index is 1.65. The maximum absolute atomic E-state index is 5.36. The molecule has 0 amide bonds. The summed E-state index contributed by atoms with van der Waals surface area (Å²) >= 11 is 0. The summed E-state index contributed by atoms with van der Waals surface area (Å²) in [5.74, 6) is 1.34. The summed E-state index contributed by atoms with van der Waals surface area (Å²) in [6.07, 6.45) is 2.46. The Hall–Kier alpha value is -1.72. The van der Waals surface area contributed by atoms with Gasteiger partial charge in [0.2, 0.25) is 11.7 Å². The van der Waals surface area contributed by atoms with Gasteiger partial charge in [-0.2, -0.15) is 4.98 Å². The van der Waals surface area contributed by atoms with Crippen molar-refractivity contribution in [2.45, 2.75) is 25.4 Å². The van der Waals surface area contributed by atoms with Crippen LogP contribution in [0.15, 0.2) is 34.9 Å². The smallest absolute Gasteiger partial charge is 0.241 e. The molecule has 1 atom stereocenters. The van der Waals surface area contributed by atoms with E-state index in [0.29, 0.717) is 24.3 Å². The van der Waals surface area contributed by atoms with E-state index in [1.807, 2.05) is 30.3 Å². The normalized spacial score (nSPS) is 19.4. The predicted molar refractivity (Wildman–Crippen MR) is 77.1 cm³/mol. The Morgan fingerprint density at radius 1 is 1.35 bits per heavy atom. The maximum Gasteiger partial charge on any atom is 0.241 e. The lowest BCUT2D eigenvalue weighted by Crippen LogP contribution is -2.43. The van der Waals surface area contributed by atoms with Crippen LogP contribution in [0.2, 0.25) is 0 Å². The molecule has 20 heavy (non-hydrogen) atoms. The molecular weight excluding hydrogens is 252 g/mol. The van der Waals surface area contributed by atoms with E-state index in [0.717, 1.165) is 18.7 Å². The summed E-state index contributed by atoms with van der Waals surface area (Å²) in [4.78, 5) is 6.76. The predicted octanol–water partition coefficient (Wildman–Crippen LogP) is 1.92. The van der Waals surface area contributed by atoms with Crippen LogP contribution in [0.4, 0.5) is 0 Å². The van der Waals surface area contributed by atoms with E-state index in [4.69, 9.17) is 4.52 Å². The third-order valence-electron chi connectivity index (χ3n) is 3.78. The molecule has 106 valence electrons. The second-order valence-corrected chi connectivity index (χ2v) is 5.29. The molecule has 2 aromatic rings. The molecule has 1 fully saturated rings. The number of hydrogen-bond acceptors (Lipinski definition) is 5. The number of nitrogens with one attached hydrogen (secondary N) is 1. The van der Waals surface area contributed by atoms with Gasteiger partial charge in [0, 0.05) is 18.2 Å². The molecule has 1 aliphatic heterocycles. The highest BCUT2D eigenvalue weighted by Gasteiger charge is 2.19. The molecule has 2 heterocycles. The first-order chi connectivity index (χ1) is 9.83. The minimum atomic E-state index is 0.552. The fraction of sp³-hybridized carbons (Fsp3) is 0.467. The van der Waals surface area contributed by atoms with Crippen LogP contribution in [0.25, 0.3) is 11.4 Å². The van der Waals surface area contributed by atoms with Crippen molar-refractivity contribution >= 4 is 0 Å². The molecule has 1 aromatic heterocycles. The van der Waals surface area contributed by atoms with Gasteiger partial charge < -0.3 is 9.84 Å². The summed E-state index contributed by atoms with van der Waals surface area (Å²) < 4.78 is 5.36. The van der Waals surface area contributed by atoms with Crippen molar-refractivity contribution in [1.82, 2.24) is 20.4 Å². The SMILES string of the molecule is CN(Cc1nc(-c2ccccc2)no1)C1CCCNC1. The minimum Gasteiger partial charge on any atom is -0.338 e. The van der Waals surface area contributed by atoms with Gasteiger partial charge in [-0.15, -0.1) is 0 Å². The average Bonchev–Trinajstić information content (AvgIpc) is 2.97. The third kappa shape index (κ3) is 3.05. The van der Waals surface area contributed by atoms with E-state index in [2.05, 4.69) is 27.4 Å². The van der Waals surface area contributed by atoms with Crippen molar-refractivity contribution in [3.8, 4) is 11.4 Å². The van der Waals surface area contributed by atoms with Crippen LogP contribution < -0.4 is 5.32 Å². The molecule has 0 saturated carbocycles. The lowest BCUT2D eigenvalue weighted by Gasteiger charge is -2.30. The Kier molecular flexibility index (Phi) is 4.08. The zero-order chi connectivity index (χ0) is 13.8. The highest BCUT2D eigenvalue weighted by molar-refractivity contribution is 5.53. The van der Waals surface area contributed by atoms with Crippen LogP contribution in [0.3, 0.4) is 0 Å². The summed E-state index contributed by atoms with van der Waals surface area (Å²) in [6.45, 7) is 2.87. The third-order valence-corrected chi connectivity index (χ3v) is 3.78. The monoisotopic (exact) mass is 272 g/mol. The number of nitrogens with zero attached hydrogens (tertiary/aromatic N) is 3. The molecule has 1 aliphatic rings. The first-order valence-electron chi connectivity index (χ1n) is 7.12. The molecule has 0 radical (unpaired) electrons. The topological polar surface area (TPSA) is 54.2 Å². The molecule has 1 aromatic carbocycles. The first-order valence-corrected chi connectivity index (χ1v) is 7.12. The van der Waals surface area contributed by atoms with Gasteiger partial charge in [-0.25, -0.2) is 0 Å². The van der Waals surface area contributed by atoms with E-state index < -0.39 is 0 Å². The van der Waals surface area contributed by atoms with Gasteiger partial charge in [-0.1, -0.05) is 35.5 Å². The van der Waals surface area contributed by atoms with Crippen LogP contribution in [0, 0.1) is 0 Å². The van der Waals surface area contributed by atoms with Crippen molar-refractivity contribution in [2.75, 3.05) is 20.1 Å². The van der Waals surface area contributed by atoms with Crippen LogP contribution in [-0.2, 0) is 6.54 Å². The molecular formula is C15H20N4O. The fourth-order valence-electron chi connectivity index (χ4n) is 2.58. The fourth-order valence-corrected chi connectivity index (χ4v) is 2.58. The maximum atomic E-state index is 5.36. The van der Waals surface area contributed by atoms with E-state index >= 15 is 0 Å². The van der Waals surface area contributed by atoms with Crippen LogP contribution >= 0.6 is 0 Å². The van der Waals surface area contributed by atoms with Gasteiger partial charge in [0.25, 0.3) is 0 Å². The Labute approximate surface area is 119 Å².